The van der Waals surface area contributed by atoms with Crippen LogP contribution in [0.15, 0.2) is 97.1 Å². The minimum atomic E-state index is -5.06. The number of allylic oxidation sites excluding steroid dienone is 2. The van der Waals surface area contributed by atoms with Crippen LogP contribution in [0.25, 0.3) is 12.2 Å². The minimum Gasteiger partial charge on any atom is -0.736 e. The first-order chi connectivity index (χ1) is 22.4. The number of phosphoric acid groups is 1. The van der Waals surface area contributed by atoms with Gasteiger partial charge in [-0.15, -0.1) is 0 Å². The van der Waals surface area contributed by atoms with Crippen molar-refractivity contribution >= 4 is 42.9 Å². The summed E-state index contributed by atoms with van der Waals surface area (Å²) in [6, 6.07) is 18.6. The summed E-state index contributed by atoms with van der Waals surface area (Å²) in [6.07, 6.45) is 5.39. The Morgan fingerprint density at radius 3 is 1.29 bits per heavy atom. The molecule has 0 bridgehead atoms. The van der Waals surface area contributed by atoms with E-state index in [9.17, 15) is 39.3 Å². The molecule has 0 heterocycles. The van der Waals surface area contributed by atoms with Gasteiger partial charge in [0.2, 0.25) is 0 Å². The molecule has 0 saturated heterocycles. The summed E-state index contributed by atoms with van der Waals surface area (Å²) >= 11 is 0. The number of nitrogens with zero attached hydrogens (tertiary/aromatic N) is 2. The van der Waals surface area contributed by atoms with E-state index < -0.39 is 29.2 Å². The van der Waals surface area contributed by atoms with Crippen molar-refractivity contribution in [1.29, 1.82) is 0 Å². The number of carbonyl (C=O) groups is 2. The molecule has 0 spiro atoms. The van der Waals surface area contributed by atoms with Crippen molar-refractivity contribution < 1.29 is 77.0 Å². The zero-order chi connectivity index (χ0) is 34.1. The van der Waals surface area contributed by atoms with E-state index in [1.54, 1.807) is 0 Å². The molecule has 4 aromatic carbocycles. The van der Waals surface area contributed by atoms with Gasteiger partial charge in [0, 0.05) is 35.4 Å². The van der Waals surface area contributed by atoms with E-state index in [1.807, 2.05) is 0 Å². The molecule has 0 aliphatic heterocycles. The van der Waals surface area contributed by atoms with E-state index in [0.29, 0.717) is 11.1 Å². The van der Waals surface area contributed by atoms with E-state index in [1.165, 1.54) is 123 Å². The molecule has 0 aromatic heterocycles. The zero-order valence-electron chi connectivity index (χ0n) is 25.6. The summed E-state index contributed by atoms with van der Waals surface area (Å²) < 4.78 is 33.6. The molecular formula is C32H24N2NaO12P. The number of non-ortho nitro benzene ring substituents is 2. The van der Waals surface area contributed by atoms with Gasteiger partial charge in [-0.2, -0.15) is 0 Å². The Balaban J connectivity index is 0.00000625. The van der Waals surface area contributed by atoms with E-state index in [0.717, 1.165) is 0 Å². The molecule has 240 valence electrons. The summed E-state index contributed by atoms with van der Waals surface area (Å²) in [6.45, 7) is 0. The molecule has 0 atom stereocenters. The predicted molar refractivity (Wildman–Crippen MR) is 168 cm³/mol. The molecule has 4 aromatic rings. The Morgan fingerprint density at radius 1 is 0.625 bits per heavy atom. The van der Waals surface area contributed by atoms with E-state index in [4.69, 9.17) is 18.5 Å². The van der Waals surface area contributed by atoms with Crippen molar-refractivity contribution in [2.75, 3.05) is 14.2 Å². The number of phosphoric ester groups is 1. The summed E-state index contributed by atoms with van der Waals surface area (Å²) in [5.74, 6) is -1.20. The van der Waals surface area contributed by atoms with Crippen LogP contribution in [0.2, 0.25) is 0 Å². The Bertz CT molecular complexity index is 1810. The summed E-state index contributed by atoms with van der Waals surface area (Å²) in [5, 5.41) is 21.6. The quantitative estimate of drug-likeness (QED) is 0.0471. The van der Waals surface area contributed by atoms with Crippen molar-refractivity contribution in [3.05, 3.63) is 140 Å². The molecule has 14 nitrogen and oxygen atoms in total. The molecule has 0 amide bonds. The molecule has 48 heavy (non-hydrogen) atoms. The second kappa shape index (κ2) is 16.6. The smallest absolute Gasteiger partial charge is 0.736 e. The van der Waals surface area contributed by atoms with Crippen molar-refractivity contribution in [3.63, 3.8) is 0 Å². The number of hydrogen-bond acceptors (Lipinski definition) is 12. The van der Waals surface area contributed by atoms with Crippen LogP contribution < -0.4 is 53.0 Å². The number of ether oxygens (including phenoxy) is 2. The third-order valence-corrected chi connectivity index (χ3v) is 7.22. The average Bonchev–Trinajstić information content (AvgIpc) is 3.06. The molecular weight excluding hydrogens is 658 g/mol. The van der Waals surface area contributed by atoms with Crippen LogP contribution in [-0.4, -0.2) is 35.6 Å². The second-order valence-electron chi connectivity index (χ2n) is 9.45. The zero-order valence-corrected chi connectivity index (χ0v) is 28.5. The number of nitro groups is 2. The molecule has 16 heteroatoms. The Kier molecular flexibility index (Phi) is 12.9. The predicted octanol–water partition coefficient (Wildman–Crippen LogP) is 3.24. The van der Waals surface area contributed by atoms with Gasteiger partial charge in [0.05, 0.1) is 24.1 Å². The Labute approximate surface area is 295 Å². The van der Waals surface area contributed by atoms with Gasteiger partial charge in [-0.05, 0) is 71.8 Å². The third-order valence-electron chi connectivity index (χ3n) is 6.38. The monoisotopic (exact) mass is 682 g/mol. The van der Waals surface area contributed by atoms with Gasteiger partial charge < -0.3 is 23.4 Å². The number of ketones is 2. The normalized spacial score (nSPS) is 12.1. The molecule has 0 radical (unpaired) electrons. The van der Waals surface area contributed by atoms with Crippen LogP contribution >= 0.6 is 7.82 Å². The second-order valence-corrected chi connectivity index (χ2v) is 10.7. The first kappa shape index (κ1) is 37.3. The van der Waals surface area contributed by atoms with E-state index in [-0.39, 0.29) is 75.1 Å². The van der Waals surface area contributed by atoms with Crippen molar-refractivity contribution in [3.8, 4) is 23.0 Å². The summed E-state index contributed by atoms with van der Waals surface area (Å²) in [5.41, 5.74) is 1.10. The fraction of sp³-hybridized carbons (Fsp3) is 0.0625. The Hall–Kier alpha value is -5.11. The standard InChI is InChI=1S/C32H25N2O12P.Na/c1-43-31-19-21(3-15-27(35)23-7-11-25(12-8-23)33(37)38)5-17-29(31)45-47(41,42)46-30-18-6-22(20-32(30)44-2)4-16-28(36)24-9-13-26(14-10-24)34(39)40;/h3-20H,1-2H3,(H,41,42);/q;+1/p-1. The van der Waals surface area contributed by atoms with E-state index >= 15 is 0 Å². The SMILES string of the molecule is COc1cc(C=CC(=O)c2ccc([N+](=O)[O-])cc2)ccc1OP(=O)([O-])Oc1ccc(C=CC(=O)c2ccc([N+](=O)[O-])cc2)cc1OC.[Na+]. The van der Waals surface area contributed by atoms with Crippen LogP contribution in [-0.2, 0) is 4.57 Å². The van der Waals surface area contributed by atoms with Gasteiger partial charge in [0.15, 0.2) is 34.6 Å². The fourth-order valence-corrected chi connectivity index (χ4v) is 4.84. The van der Waals surface area contributed by atoms with Crippen LogP contribution in [0.5, 0.6) is 23.0 Å². The van der Waals surface area contributed by atoms with Gasteiger partial charge in [-0.25, -0.2) is 4.57 Å². The first-order valence-electron chi connectivity index (χ1n) is 13.4. The number of methoxy groups -OCH3 is 2. The summed E-state index contributed by atoms with van der Waals surface area (Å²) in [7, 11) is -2.49. The van der Waals surface area contributed by atoms with Crippen molar-refractivity contribution in [1.82, 2.24) is 0 Å². The first-order valence-corrected chi connectivity index (χ1v) is 14.8. The number of carbonyl (C=O) groups excluding carboxylic acids is 2. The molecule has 4 rings (SSSR count). The van der Waals surface area contributed by atoms with Gasteiger partial charge in [-0.1, -0.05) is 24.3 Å². The van der Waals surface area contributed by atoms with E-state index in [2.05, 4.69) is 0 Å². The third kappa shape index (κ3) is 9.94. The number of hydrogen-bond donors (Lipinski definition) is 0. The van der Waals surface area contributed by atoms with Crippen LogP contribution in [0.4, 0.5) is 11.4 Å². The molecule has 0 N–H and O–H groups in total. The van der Waals surface area contributed by atoms with Crippen LogP contribution in [0, 0.1) is 20.2 Å². The Morgan fingerprint density at radius 2 is 0.979 bits per heavy atom. The largest absolute Gasteiger partial charge is 1.00 e. The number of rotatable bonds is 14. The maximum atomic E-state index is 12.8. The average molecular weight is 683 g/mol. The fourth-order valence-electron chi connectivity index (χ4n) is 4.02. The van der Waals surface area contributed by atoms with Gasteiger partial charge in [-0.3, -0.25) is 29.8 Å². The maximum Gasteiger partial charge on any atom is 1.00 e. The van der Waals surface area contributed by atoms with Crippen molar-refractivity contribution in [2.45, 2.75) is 0 Å². The van der Waals surface area contributed by atoms with Gasteiger partial charge in [0.25, 0.3) is 11.4 Å². The number of benzene rings is 4. The van der Waals surface area contributed by atoms with Crippen molar-refractivity contribution in [2.24, 2.45) is 0 Å². The molecule has 0 aliphatic rings. The topological polar surface area (TPSA) is 197 Å². The van der Waals surface area contributed by atoms with Gasteiger partial charge >= 0.3 is 37.4 Å². The summed E-state index contributed by atoms with van der Waals surface area (Å²) in [4.78, 5) is 58.2. The maximum absolute atomic E-state index is 12.8. The molecule has 0 fully saturated rings. The molecule has 0 aliphatic carbocycles. The number of nitro benzene ring substituents is 2. The van der Waals surface area contributed by atoms with Crippen LogP contribution in [0.3, 0.4) is 0 Å². The minimum absolute atomic E-state index is 0. The molecule has 0 saturated carbocycles. The molecule has 0 unspecified atom stereocenters. The van der Waals surface area contributed by atoms with Gasteiger partial charge in [0.1, 0.15) is 0 Å². The van der Waals surface area contributed by atoms with Crippen LogP contribution in [0.1, 0.15) is 31.8 Å².